The minimum absolute atomic E-state index is 0.570. The maximum atomic E-state index is 4.56. The number of nitrogens with one attached hydrogen (secondary N) is 2. The fraction of sp³-hybridized carbons (Fsp3) is 0.556. The summed E-state index contributed by atoms with van der Waals surface area (Å²) in [5.41, 5.74) is 1.31. The zero-order chi connectivity index (χ0) is 16.2. The molecule has 2 aliphatic rings. The number of pyridine rings is 1. The molecule has 128 valence electrons. The van der Waals surface area contributed by atoms with E-state index in [4.69, 9.17) is 0 Å². The molecule has 0 saturated carbocycles. The predicted molar refractivity (Wildman–Crippen MR) is 96.2 cm³/mol. The van der Waals surface area contributed by atoms with Crippen LogP contribution < -0.4 is 15.5 Å². The number of fused-ring (bicyclic) bond motifs is 1. The van der Waals surface area contributed by atoms with Crippen molar-refractivity contribution in [2.24, 2.45) is 5.92 Å². The molecule has 0 radical (unpaired) electrons. The van der Waals surface area contributed by atoms with Crippen LogP contribution in [-0.2, 0) is 13.1 Å². The smallest absolute Gasteiger partial charge is 0.128 e. The average molecular weight is 326 g/mol. The molecule has 0 unspecified atom stereocenters. The average Bonchev–Trinajstić information content (AvgIpc) is 3.11. The molecule has 1 atom stereocenters. The van der Waals surface area contributed by atoms with Crippen molar-refractivity contribution in [3.05, 3.63) is 36.2 Å². The minimum atomic E-state index is 0.570. The number of nitrogens with zero attached hydrogens (tertiary/aromatic N) is 4. The summed E-state index contributed by atoms with van der Waals surface area (Å²) in [5, 5.41) is 11.4. The molecule has 0 aliphatic carbocycles. The number of rotatable bonds is 5. The van der Waals surface area contributed by atoms with Crippen molar-refractivity contribution >= 4 is 11.6 Å². The van der Waals surface area contributed by atoms with Gasteiger partial charge in [-0.05, 0) is 37.0 Å². The first kappa shape index (κ1) is 15.4. The molecule has 0 spiro atoms. The van der Waals surface area contributed by atoms with Crippen molar-refractivity contribution in [3.8, 4) is 0 Å². The summed E-state index contributed by atoms with van der Waals surface area (Å²) in [6, 6.07) is 6.39. The second-order valence-corrected chi connectivity index (χ2v) is 6.85. The summed E-state index contributed by atoms with van der Waals surface area (Å²) in [4.78, 5) is 6.97. The third-order valence-corrected chi connectivity index (χ3v) is 4.97. The first-order chi connectivity index (χ1) is 11.9. The number of hydrogen-bond acceptors (Lipinski definition) is 5. The Morgan fingerprint density at radius 2 is 2.08 bits per heavy atom. The second-order valence-electron chi connectivity index (χ2n) is 6.85. The van der Waals surface area contributed by atoms with E-state index < -0.39 is 0 Å². The fourth-order valence-corrected chi connectivity index (χ4v) is 3.61. The highest BCUT2D eigenvalue weighted by atomic mass is 15.3. The lowest BCUT2D eigenvalue weighted by Crippen LogP contribution is -2.35. The Labute approximate surface area is 143 Å². The van der Waals surface area contributed by atoms with Crippen LogP contribution in [0.25, 0.3) is 0 Å². The molecule has 1 saturated heterocycles. The second kappa shape index (κ2) is 7.21. The van der Waals surface area contributed by atoms with E-state index in [-0.39, 0.29) is 0 Å². The number of piperidine rings is 1. The Morgan fingerprint density at radius 1 is 1.17 bits per heavy atom. The van der Waals surface area contributed by atoms with E-state index in [0.717, 1.165) is 50.9 Å². The maximum Gasteiger partial charge on any atom is 0.128 e. The van der Waals surface area contributed by atoms with Gasteiger partial charge in [-0.25, -0.2) is 9.67 Å². The topological polar surface area (TPSA) is 58.0 Å². The van der Waals surface area contributed by atoms with E-state index in [2.05, 4.69) is 42.4 Å². The van der Waals surface area contributed by atoms with Crippen LogP contribution in [0.1, 0.15) is 24.8 Å². The predicted octanol–water partition coefficient (Wildman–Crippen LogP) is 2.10. The van der Waals surface area contributed by atoms with Gasteiger partial charge in [0.05, 0.1) is 6.20 Å². The molecule has 0 aromatic carbocycles. The van der Waals surface area contributed by atoms with Crippen molar-refractivity contribution in [1.82, 2.24) is 20.1 Å². The quantitative estimate of drug-likeness (QED) is 0.881. The van der Waals surface area contributed by atoms with Crippen LogP contribution in [0.4, 0.5) is 11.6 Å². The molecule has 1 fully saturated rings. The Bertz CT molecular complexity index is 661. The molecule has 2 aliphatic heterocycles. The minimum Gasteiger partial charge on any atom is -0.370 e. The first-order valence-electron chi connectivity index (χ1n) is 9.05. The fourth-order valence-electron chi connectivity index (χ4n) is 3.61. The SMILES string of the molecule is c1cc(CNC[C@H]2CNc3ccnn3C2)cc(N2CCCCC2)n1. The van der Waals surface area contributed by atoms with Gasteiger partial charge in [0.25, 0.3) is 0 Å². The van der Waals surface area contributed by atoms with Crippen LogP contribution >= 0.6 is 0 Å². The molecule has 2 aromatic heterocycles. The molecular formula is C18H26N6. The van der Waals surface area contributed by atoms with Gasteiger partial charge in [0.2, 0.25) is 0 Å². The van der Waals surface area contributed by atoms with Crippen molar-refractivity contribution in [1.29, 1.82) is 0 Å². The molecule has 2 aromatic rings. The zero-order valence-corrected chi connectivity index (χ0v) is 14.1. The molecule has 4 heterocycles. The molecule has 24 heavy (non-hydrogen) atoms. The lowest BCUT2D eigenvalue weighted by atomic mass is 10.1. The molecule has 6 nitrogen and oxygen atoms in total. The van der Waals surface area contributed by atoms with Gasteiger partial charge in [-0.1, -0.05) is 0 Å². The van der Waals surface area contributed by atoms with E-state index in [9.17, 15) is 0 Å². The van der Waals surface area contributed by atoms with Crippen LogP contribution in [0, 0.1) is 5.92 Å². The molecule has 4 rings (SSSR count). The highest BCUT2D eigenvalue weighted by Gasteiger charge is 2.17. The van der Waals surface area contributed by atoms with Crippen LogP contribution in [0.3, 0.4) is 0 Å². The van der Waals surface area contributed by atoms with Gasteiger partial charge < -0.3 is 15.5 Å². The Kier molecular flexibility index (Phi) is 4.64. The number of anilines is 2. The maximum absolute atomic E-state index is 4.56. The normalized spacial score (nSPS) is 20.5. The molecule has 6 heteroatoms. The summed E-state index contributed by atoms with van der Waals surface area (Å²) in [5.74, 6) is 2.84. The molecule has 2 N–H and O–H groups in total. The van der Waals surface area contributed by atoms with Gasteiger partial charge in [-0.15, -0.1) is 0 Å². The standard InChI is InChI=1S/C18H26N6/c1-2-8-23(9-3-1)18-10-15(4-6-20-18)11-19-12-16-13-21-17-5-7-22-24(17)14-16/h4-7,10,16,19,21H,1-3,8-9,11-14H2/t16-/m0/s1. The monoisotopic (exact) mass is 326 g/mol. The first-order valence-corrected chi connectivity index (χ1v) is 9.05. The third kappa shape index (κ3) is 3.53. The van der Waals surface area contributed by atoms with Gasteiger partial charge >= 0.3 is 0 Å². The summed E-state index contributed by atoms with van der Waals surface area (Å²) in [6.07, 6.45) is 7.73. The van der Waals surface area contributed by atoms with E-state index in [0.29, 0.717) is 5.92 Å². The van der Waals surface area contributed by atoms with Crippen molar-refractivity contribution < 1.29 is 0 Å². The summed E-state index contributed by atoms with van der Waals surface area (Å²) >= 11 is 0. The highest BCUT2D eigenvalue weighted by molar-refractivity contribution is 5.41. The van der Waals surface area contributed by atoms with Crippen molar-refractivity contribution in [2.75, 3.05) is 36.4 Å². The summed E-state index contributed by atoms with van der Waals surface area (Å²) in [6.45, 7) is 6.17. The highest BCUT2D eigenvalue weighted by Crippen LogP contribution is 2.19. The lowest BCUT2D eigenvalue weighted by Gasteiger charge is -2.28. The van der Waals surface area contributed by atoms with E-state index in [1.54, 1.807) is 0 Å². The van der Waals surface area contributed by atoms with E-state index >= 15 is 0 Å². The van der Waals surface area contributed by atoms with Gasteiger partial charge in [0, 0.05) is 57.4 Å². The van der Waals surface area contributed by atoms with Crippen molar-refractivity contribution in [3.63, 3.8) is 0 Å². The largest absolute Gasteiger partial charge is 0.370 e. The molecule has 0 amide bonds. The van der Waals surface area contributed by atoms with Crippen LogP contribution in [0.5, 0.6) is 0 Å². The van der Waals surface area contributed by atoms with Crippen LogP contribution in [-0.4, -0.2) is 40.9 Å². The number of aromatic nitrogens is 3. The van der Waals surface area contributed by atoms with Crippen LogP contribution in [0.2, 0.25) is 0 Å². The lowest BCUT2D eigenvalue weighted by molar-refractivity contribution is 0.391. The molecule has 0 bridgehead atoms. The van der Waals surface area contributed by atoms with Gasteiger partial charge in [0.1, 0.15) is 11.6 Å². The van der Waals surface area contributed by atoms with E-state index in [1.165, 1.54) is 24.8 Å². The van der Waals surface area contributed by atoms with Crippen molar-refractivity contribution in [2.45, 2.75) is 32.4 Å². The summed E-state index contributed by atoms with van der Waals surface area (Å²) < 4.78 is 2.05. The molecular weight excluding hydrogens is 300 g/mol. The Hall–Kier alpha value is -2.08. The Balaban J connectivity index is 1.28. The van der Waals surface area contributed by atoms with E-state index in [1.807, 2.05) is 18.5 Å². The van der Waals surface area contributed by atoms with Crippen LogP contribution in [0.15, 0.2) is 30.6 Å². The van der Waals surface area contributed by atoms with Gasteiger partial charge in [-0.3, -0.25) is 0 Å². The van der Waals surface area contributed by atoms with Gasteiger partial charge in [-0.2, -0.15) is 5.10 Å². The van der Waals surface area contributed by atoms with Gasteiger partial charge in [0.15, 0.2) is 0 Å². The summed E-state index contributed by atoms with van der Waals surface area (Å²) in [7, 11) is 0. The Morgan fingerprint density at radius 3 is 3.00 bits per heavy atom. The number of hydrogen-bond donors (Lipinski definition) is 2. The zero-order valence-electron chi connectivity index (χ0n) is 14.1. The third-order valence-electron chi connectivity index (χ3n) is 4.97.